The molecule has 1 unspecified atom stereocenters. The normalized spacial score (nSPS) is 19.9. The van der Waals surface area contributed by atoms with Crippen LogP contribution in [0.5, 0.6) is 0 Å². The summed E-state index contributed by atoms with van der Waals surface area (Å²) in [6, 6.07) is 5.90. The summed E-state index contributed by atoms with van der Waals surface area (Å²) < 4.78 is 58.4. The van der Waals surface area contributed by atoms with Crippen LogP contribution < -0.4 is 0 Å². The third-order valence-corrected chi connectivity index (χ3v) is 6.92. The highest BCUT2D eigenvalue weighted by Crippen LogP contribution is 2.39. The Hall–Kier alpha value is -2.50. The molecule has 0 spiro atoms. The van der Waals surface area contributed by atoms with Crippen molar-refractivity contribution >= 4 is 22.1 Å². The molecule has 1 aromatic rings. The lowest BCUT2D eigenvalue weighted by molar-refractivity contribution is -0.00417. The molecule has 2 rings (SSSR count). The minimum atomic E-state index is -4.00. The van der Waals surface area contributed by atoms with Crippen LogP contribution in [0.4, 0.5) is 9.18 Å². The third-order valence-electron chi connectivity index (χ3n) is 5.08. The molecule has 34 heavy (non-hydrogen) atoms. The lowest BCUT2D eigenvalue weighted by Gasteiger charge is -2.41. The van der Waals surface area contributed by atoms with E-state index in [0.717, 1.165) is 9.21 Å². The first-order valence-corrected chi connectivity index (χ1v) is 12.5. The molecule has 1 heterocycles. The molecule has 1 amide bonds. The zero-order valence-electron chi connectivity index (χ0n) is 20.4. The van der Waals surface area contributed by atoms with E-state index in [2.05, 4.69) is 6.58 Å². The standard InChI is InChI=1S/C23H34FN3O6S/c1-7-8-13-23(18-11-9-10-12-19(18)24)16-34(29,30)26(5)20(25-23)27(17-32-15-14-31-6)21(28)33-22(2,3)4/h7,9-12H,1,8,13-17H2,2-6H3. The van der Waals surface area contributed by atoms with Gasteiger partial charge in [-0.25, -0.2) is 31.8 Å². The number of aliphatic imine (C=N–C) groups is 1. The van der Waals surface area contributed by atoms with Crippen molar-refractivity contribution in [3.8, 4) is 0 Å². The van der Waals surface area contributed by atoms with Crippen LogP contribution in [0.1, 0.15) is 39.2 Å². The fourth-order valence-corrected chi connectivity index (χ4v) is 4.98. The van der Waals surface area contributed by atoms with Crippen molar-refractivity contribution in [2.24, 2.45) is 4.99 Å². The number of benzene rings is 1. The summed E-state index contributed by atoms with van der Waals surface area (Å²) in [6.07, 6.45) is 1.31. The average molecular weight is 500 g/mol. The van der Waals surface area contributed by atoms with E-state index in [4.69, 9.17) is 19.2 Å². The first-order chi connectivity index (χ1) is 15.9. The monoisotopic (exact) mass is 499 g/mol. The number of nitrogens with zero attached hydrogens (tertiary/aromatic N) is 3. The van der Waals surface area contributed by atoms with Gasteiger partial charge in [-0.05, 0) is 39.7 Å². The number of sulfonamides is 1. The number of methoxy groups -OCH3 is 1. The first kappa shape index (κ1) is 27.7. The van der Waals surface area contributed by atoms with Gasteiger partial charge in [-0.3, -0.25) is 0 Å². The van der Waals surface area contributed by atoms with Crippen LogP contribution in [-0.4, -0.2) is 75.1 Å². The molecule has 1 aliphatic heterocycles. The molecular weight excluding hydrogens is 465 g/mol. The van der Waals surface area contributed by atoms with Gasteiger partial charge in [0.25, 0.3) is 0 Å². The number of carbonyl (C=O) groups is 1. The molecule has 190 valence electrons. The molecule has 11 heteroatoms. The summed E-state index contributed by atoms with van der Waals surface area (Å²) in [6.45, 7) is 8.84. The SMILES string of the molecule is C=CCCC1(c2ccccc2F)CS(=O)(=O)N(C)C(N(COCCOC)C(=O)OC(C)(C)C)=N1. The van der Waals surface area contributed by atoms with Crippen LogP contribution in [0.3, 0.4) is 0 Å². The van der Waals surface area contributed by atoms with Crippen molar-refractivity contribution in [2.75, 3.05) is 39.9 Å². The maximum Gasteiger partial charge on any atom is 0.419 e. The first-order valence-electron chi connectivity index (χ1n) is 10.9. The zero-order valence-corrected chi connectivity index (χ0v) is 21.2. The highest BCUT2D eigenvalue weighted by molar-refractivity contribution is 7.89. The van der Waals surface area contributed by atoms with Gasteiger partial charge in [0.2, 0.25) is 16.0 Å². The van der Waals surface area contributed by atoms with E-state index in [1.807, 2.05) is 0 Å². The van der Waals surface area contributed by atoms with Gasteiger partial charge in [0.15, 0.2) is 0 Å². The minimum Gasteiger partial charge on any atom is -0.443 e. The Labute approximate surface area is 201 Å². The second kappa shape index (κ2) is 11.3. The van der Waals surface area contributed by atoms with E-state index < -0.39 is 38.8 Å². The predicted molar refractivity (Wildman–Crippen MR) is 127 cm³/mol. The van der Waals surface area contributed by atoms with Gasteiger partial charge in [0, 0.05) is 19.7 Å². The highest BCUT2D eigenvalue weighted by Gasteiger charge is 2.47. The molecule has 0 aromatic heterocycles. The fourth-order valence-electron chi connectivity index (χ4n) is 3.43. The smallest absolute Gasteiger partial charge is 0.419 e. The molecule has 0 bridgehead atoms. The van der Waals surface area contributed by atoms with Crippen LogP contribution in [0.15, 0.2) is 41.9 Å². The lowest BCUT2D eigenvalue weighted by atomic mass is 9.87. The highest BCUT2D eigenvalue weighted by atomic mass is 32.2. The molecule has 1 aromatic carbocycles. The fraction of sp³-hybridized carbons (Fsp3) is 0.565. The Bertz CT molecular complexity index is 1010. The Morgan fingerprint density at radius 2 is 2.00 bits per heavy atom. The Morgan fingerprint density at radius 1 is 1.32 bits per heavy atom. The summed E-state index contributed by atoms with van der Waals surface area (Å²) in [5.41, 5.74) is -2.22. The van der Waals surface area contributed by atoms with Gasteiger partial charge in [-0.1, -0.05) is 24.3 Å². The Kier molecular flexibility index (Phi) is 9.21. The molecule has 0 fully saturated rings. The second-order valence-corrected chi connectivity index (χ2v) is 10.9. The largest absolute Gasteiger partial charge is 0.443 e. The Balaban J connectivity index is 2.67. The van der Waals surface area contributed by atoms with E-state index in [0.29, 0.717) is 6.42 Å². The van der Waals surface area contributed by atoms with E-state index in [1.165, 1.54) is 32.4 Å². The number of halogens is 1. The maximum absolute atomic E-state index is 14.9. The van der Waals surface area contributed by atoms with Crippen LogP contribution >= 0.6 is 0 Å². The summed E-state index contributed by atoms with van der Waals surface area (Å²) in [4.78, 5) is 18.8. The molecule has 0 saturated heterocycles. The van der Waals surface area contributed by atoms with Gasteiger partial charge in [-0.15, -0.1) is 6.58 Å². The van der Waals surface area contributed by atoms with Crippen LogP contribution in [0, 0.1) is 5.82 Å². The minimum absolute atomic E-state index is 0.121. The van der Waals surface area contributed by atoms with Crippen molar-refractivity contribution in [2.45, 2.75) is 44.8 Å². The molecule has 0 aliphatic carbocycles. The summed E-state index contributed by atoms with van der Waals surface area (Å²) in [7, 11) is -1.21. The topological polar surface area (TPSA) is 97.7 Å². The third kappa shape index (κ3) is 6.77. The zero-order chi connectivity index (χ0) is 25.6. The quantitative estimate of drug-likeness (QED) is 0.293. The van der Waals surface area contributed by atoms with E-state index in [1.54, 1.807) is 32.9 Å². The number of guanidine groups is 1. The van der Waals surface area contributed by atoms with Crippen LogP contribution in [0.2, 0.25) is 0 Å². The van der Waals surface area contributed by atoms with E-state index in [9.17, 15) is 17.6 Å². The number of allylic oxidation sites excluding steroid dienone is 1. The van der Waals surface area contributed by atoms with Crippen molar-refractivity contribution < 1.29 is 31.8 Å². The summed E-state index contributed by atoms with van der Waals surface area (Å²) >= 11 is 0. The number of hydrogen-bond acceptors (Lipinski definition) is 7. The summed E-state index contributed by atoms with van der Waals surface area (Å²) in [5.74, 6) is -1.28. The van der Waals surface area contributed by atoms with Gasteiger partial charge >= 0.3 is 6.09 Å². The van der Waals surface area contributed by atoms with Crippen molar-refractivity contribution in [3.63, 3.8) is 0 Å². The molecule has 9 nitrogen and oxygen atoms in total. The van der Waals surface area contributed by atoms with Gasteiger partial charge < -0.3 is 14.2 Å². The summed E-state index contributed by atoms with van der Waals surface area (Å²) in [5, 5.41) is 0. The molecule has 0 saturated carbocycles. The average Bonchev–Trinajstić information content (AvgIpc) is 2.74. The number of ether oxygens (including phenoxy) is 3. The van der Waals surface area contributed by atoms with Gasteiger partial charge in [0.05, 0.1) is 19.0 Å². The van der Waals surface area contributed by atoms with Crippen molar-refractivity contribution in [3.05, 3.63) is 48.3 Å². The molecule has 0 radical (unpaired) electrons. The van der Waals surface area contributed by atoms with Crippen LogP contribution in [-0.2, 0) is 29.8 Å². The number of carbonyl (C=O) groups excluding carboxylic acids is 1. The lowest BCUT2D eigenvalue weighted by Crippen LogP contribution is -2.56. The van der Waals surface area contributed by atoms with E-state index >= 15 is 0 Å². The number of rotatable bonds is 9. The maximum atomic E-state index is 14.9. The van der Waals surface area contributed by atoms with E-state index in [-0.39, 0.29) is 37.9 Å². The Morgan fingerprint density at radius 3 is 2.59 bits per heavy atom. The molecule has 1 aliphatic rings. The van der Waals surface area contributed by atoms with Crippen molar-refractivity contribution in [1.29, 1.82) is 0 Å². The second-order valence-electron chi connectivity index (χ2n) is 8.91. The molecule has 1 atom stereocenters. The van der Waals surface area contributed by atoms with Crippen molar-refractivity contribution in [1.82, 2.24) is 9.21 Å². The number of hydrogen-bond donors (Lipinski definition) is 0. The van der Waals surface area contributed by atoms with Gasteiger partial charge in [-0.2, -0.15) is 0 Å². The van der Waals surface area contributed by atoms with Gasteiger partial charge in [0.1, 0.15) is 23.7 Å². The molecular formula is C23H34FN3O6S. The molecule has 0 N–H and O–H groups in total. The number of amides is 1. The van der Waals surface area contributed by atoms with Crippen LogP contribution in [0.25, 0.3) is 0 Å². The predicted octanol–water partition coefficient (Wildman–Crippen LogP) is 3.48.